The van der Waals surface area contributed by atoms with Gasteiger partial charge in [-0.2, -0.15) is 0 Å². The van der Waals surface area contributed by atoms with Crippen molar-refractivity contribution in [2.75, 3.05) is 11.4 Å². The number of aliphatic imine (C=N–C) groups is 1. The van der Waals surface area contributed by atoms with Crippen LogP contribution in [0.5, 0.6) is 0 Å². The molecule has 0 radical (unpaired) electrons. The molecule has 0 fully saturated rings. The predicted octanol–water partition coefficient (Wildman–Crippen LogP) is 5.02. The predicted molar refractivity (Wildman–Crippen MR) is 89.9 cm³/mol. The quantitative estimate of drug-likeness (QED) is 0.721. The Hall–Kier alpha value is -1.51. The van der Waals surface area contributed by atoms with Crippen molar-refractivity contribution in [1.29, 1.82) is 0 Å². The monoisotopic (exact) mass is 316 g/mol. The van der Waals surface area contributed by atoms with E-state index in [2.05, 4.69) is 24.0 Å². The second-order valence-corrected chi connectivity index (χ2v) is 6.35. The molecule has 0 N–H and O–H groups in total. The second-order valence-electron chi connectivity index (χ2n) is 5.48. The van der Waals surface area contributed by atoms with E-state index in [1.165, 1.54) is 11.1 Å². The summed E-state index contributed by atoms with van der Waals surface area (Å²) in [6.45, 7) is 3.08. The summed E-state index contributed by atoms with van der Waals surface area (Å²) < 4.78 is 0. The summed E-state index contributed by atoms with van der Waals surface area (Å²) >= 11 is 12.4. The number of hydrogen-bond acceptors (Lipinski definition) is 2. The van der Waals surface area contributed by atoms with Crippen LogP contribution in [-0.2, 0) is 0 Å². The summed E-state index contributed by atoms with van der Waals surface area (Å²) in [6.07, 6.45) is 1.03. The maximum absolute atomic E-state index is 6.20. The fourth-order valence-corrected chi connectivity index (χ4v) is 3.46. The highest BCUT2D eigenvalue weighted by Gasteiger charge is 2.33. The third kappa shape index (κ3) is 1.97. The number of amidine groups is 1. The molecular formula is C17H14Cl2N2. The lowest BCUT2D eigenvalue weighted by Crippen LogP contribution is -2.33. The molecule has 0 unspecified atom stereocenters. The lowest BCUT2D eigenvalue weighted by Gasteiger charge is -2.30. The number of benzene rings is 2. The van der Waals surface area contributed by atoms with Gasteiger partial charge in [-0.3, -0.25) is 4.99 Å². The van der Waals surface area contributed by atoms with Crippen LogP contribution in [0.2, 0.25) is 10.0 Å². The third-order valence-electron chi connectivity index (χ3n) is 4.19. The van der Waals surface area contributed by atoms with E-state index in [0.717, 1.165) is 40.1 Å². The van der Waals surface area contributed by atoms with Crippen LogP contribution < -0.4 is 4.90 Å². The molecule has 2 heterocycles. The van der Waals surface area contributed by atoms with E-state index < -0.39 is 0 Å². The number of anilines is 1. The molecule has 2 aliphatic heterocycles. The van der Waals surface area contributed by atoms with Gasteiger partial charge in [0.1, 0.15) is 5.84 Å². The summed E-state index contributed by atoms with van der Waals surface area (Å²) in [7, 11) is 0. The van der Waals surface area contributed by atoms with Gasteiger partial charge in [0, 0.05) is 27.7 Å². The Morgan fingerprint density at radius 1 is 1.05 bits per heavy atom. The number of nitrogens with zero attached hydrogens (tertiary/aromatic N) is 2. The van der Waals surface area contributed by atoms with Crippen LogP contribution in [-0.4, -0.2) is 18.4 Å². The maximum atomic E-state index is 6.20. The van der Waals surface area contributed by atoms with Crippen molar-refractivity contribution in [3.63, 3.8) is 0 Å². The van der Waals surface area contributed by atoms with Crippen LogP contribution in [0.3, 0.4) is 0 Å². The van der Waals surface area contributed by atoms with Crippen LogP contribution >= 0.6 is 23.2 Å². The van der Waals surface area contributed by atoms with Gasteiger partial charge in [-0.25, -0.2) is 0 Å². The fraction of sp³-hybridized carbons (Fsp3) is 0.235. The van der Waals surface area contributed by atoms with Gasteiger partial charge in [0.2, 0.25) is 0 Å². The van der Waals surface area contributed by atoms with E-state index in [-0.39, 0.29) is 0 Å². The van der Waals surface area contributed by atoms with Crippen molar-refractivity contribution in [1.82, 2.24) is 0 Å². The number of hydrogen-bond donors (Lipinski definition) is 0. The topological polar surface area (TPSA) is 15.6 Å². The zero-order chi connectivity index (χ0) is 14.6. The van der Waals surface area contributed by atoms with Crippen molar-refractivity contribution < 1.29 is 0 Å². The van der Waals surface area contributed by atoms with E-state index >= 15 is 0 Å². The van der Waals surface area contributed by atoms with E-state index in [4.69, 9.17) is 28.2 Å². The average molecular weight is 317 g/mol. The lowest BCUT2D eigenvalue weighted by molar-refractivity contribution is 0.693. The average Bonchev–Trinajstić information content (AvgIpc) is 2.92. The summed E-state index contributed by atoms with van der Waals surface area (Å²) in [5, 5.41) is 1.50. The van der Waals surface area contributed by atoms with E-state index in [1.807, 2.05) is 24.3 Å². The normalized spacial score (nSPS) is 18.9. The minimum atomic E-state index is 0.330. The van der Waals surface area contributed by atoms with Crippen LogP contribution in [0.25, 0.3) is 11.1 Å². The Labute approximate surface area is 134 Å². The molecule has 0 bridgehead atoms. The first-order chi connectivity index (χ1) is 10.2. The molecule has 2 aromatic rings. The van der Waals surface area contributed by atoms with Crippen molar-refractivity contribution in [3.05, 3.63) is 52.0 Å². The molecule has 4 heteroatoms. The molecule has 2 aromatic carbocycles. The maximum Gasteiger partial charge on any atom is 0.136 e. The minimum Gasteiger partial charge on any atom is -0.323 e. The number of fused-ring (bicyclic) bond motifs is 6. The van der Waals surface area contributed by atoms with Gasteiger partial charge in [-0.15, -0.1) is 0 Å². The molecule has 0 saturated heterocycles. The molecule has 0 spiro atoms. The number of halogens is 2. The zero-order valence-corrected chi connectivity index (χ0v) is 13.1. The van der Waals surface area contributed by atoms with Gasteiger partial charge in [0.25, 0.3) is 0 Å². The summed E-state index contributed by atoms with van der Waals surface area (Å²) in [5.41, 5.74) is 4.64. The molecule has 21 heavy (non-hydrogen) atoms. The van der Waals surface area contributed by atoms with Gasteiger partial charge in [0.05, 0.1) is 11.7 Å². The smallest absolute Gasteiger partial charge is 0.136 e. The third-order valence-corrected chi connectivity index (χ3v) is 4.66. The molecule has 2 aliphatic rings. The van der Waals surface area contributed by atoms with Gasteiger partial charge in [-0.1, -0.05) is 42.3 Å². The highest BCUT2D eigenvalue weighted by atomic mass is 35.5. The molecular weight excluding hydrogens is 303 g/mol. The van der Waals surface area contributed by atoms with Gasteiger partial charge in [0.15, 0.2) is 0 Å². The molecule has 0 aliphatic carbocycles. The Bertz CT molecular complexity index is 767. The highest BCUT2D eigenvalue weighted by molar-refractivity contribution is 6.33. The van der Waals surface area contributed by atoms with Crippen molar-refractivity contribution in [3.8, 4) is 11.1 Å². The highest BCUT2D eigenvalue weighted by Crippen LogP contribution is 2.43. The molecule has 106 valence electrons. The molecule has 0 amide bonds. The van der Waals surface area contributed by atoms with Gasteiger partial charge < -0.3 is 4.90 Å². The van der Waals surface area contributed by atoms with Crippen LogP contribution in [0, 0.1) is 0 Å². The standard InChI is InChI=1S/C17H14Cl2N2/c1-2-12-9-21-16-8-11(19)4-6-14(16)13-5-3-10(18)7-15(13)17(21)20-12/h3-8,12H,2,9H2,1H3/t12-/m0/s1. The Morgan fingerprint density at radius 3 is 2.52 bits per heavy atom. The molecule has 1 atom stereocenters. The van der Waals surface area contributed by atoms with E-state index in [9.17, 15) is 0 Å². The summed E-state index contributed by atoms with van der Waals surface area (Å²) in [5.74, 6) is 1.02. The lowest BCUT2D eigenvalue weighted by atomic mass is 9.93. The first-order valence-corrected chi connectivity index (χ1v) is 7.88. The molecule has 0 saturated carbocycles. The van der Waals surface area contributed by atoms with E-state index in [1.54, 1.807) is 0 Å². The Kier molecular flexibility index (Phi) is 2.98. The molecule has 2 nitrogen and oxygen atoms in total. The van der Waals surface area contributed by atoms with Gasteiger partial charge in [-0.05, 0) is 36.2 Å². The molecule has 0 aromatic heterocycles. The Balaban J connectivity index is 2.01. The summed E-state index contributed by atoms with van der Waals surface area (Å²) in [4.78, 5) is 7.15. The second kappa shape index (κ2) is 4.75. The van der Waals surface area contributed by atoms with Crippen molar-refractivity contribution in [2.24, 2.45) is 4.99 Å². The van der Waals surface area contributed by atoms with Gasteiger partial charge >= 0.3 is 0 Å². The minimum absolute atomic E-state index is 0.330. The van der Waals surface area contributed by atoms with Crippen molar-refractivity contribution in [2.45, 2.75) is 19.4 Å². The van der Waals surface area contributed by atoms with Crippen LogP contribution in [0.4, 0.5) is 5.69 Å². The van der Waals surface area contributed by atoms with E-state index in [0.29, 0.717) is 6.04 Å². The first kappa shape index (κ1) is 13.2. The SMILES string of the molecule is CC[C@H]1CN2C(=N1)c1cc(Cl)ccc1-c1ccc(Cl)cc12. The summed E-state index contributed by atoms with van der Waals surface area (Å²) in [6, 6.07) is 12.4. The fourth-order valence-electron chi connectivity index (χ4n) is 3.12. The van der Waals surface area contributed by atoms with Crippen LogP contribution in [0.1, 0.15) is 18.9 Å². The largest absolute Gasteiger partial charge is 0.323 e. The molecule has 4 rings (SSSR count). The van der Waals surface area contributed by atoms with Crippen LogP contribution in [0.15, 0.2) is 41.4 Å². The Morgan fingerprint density at radius 2 is 1.76 bits per heavy atom. The zero-order valence-electron chi connectivity index (χ0n) is 11.6. The number of rotatable bonds is 1. The van der Waals surface area contributed by atoms with Crippen molar-refractivity contribution >= 4 is 34.7 Å². The first-order valence-electron chi connectivity index (χ1n) is 7.12.